The standard InChI is InChI=1S/C10H14.3CH4/c1-10(2,3)9-7-5-4-6-8-9;;;/h4-8H,1-3H3;3*1H4. The topological polar surface area (TPSA) is 0 Å². The summed E-state index contributed by atoms with van der Waals surface area (Å²) in [7, 11) is 0. The van der Waals surface area contributed by atoms with Gasteiger partial charge in [-0.05, 0) is 11.0 Å². The highest BCUT2D eigenvalue weighted by Crippen LogP contribution is 2.20. The number of hydrogen-bond donors (Lipinski definition) is 0. The van der Waals surface area contributed by atoms with E-state index in [1.54, 1.807) is 0 Å². The molecule has 0 spiro atoms. The van der Waals surface area contributed by atoms with Gasteiger partial charge in [0.2, 0.25) is 0 Å². The summed E-state index contributed by atoms with van der Waals surface area (Å²) < 4.78 is 0. The van der Waals surface area contributed by atoms with Gasteiger partial charge in [-0.25, -0.2) is 0 Å². The van der Waals surface area contributed by atoms with Gasteiger partial charge in [0, 0.05) is 0 Å². The Labute approximate surface area is 85.0 Å². The molecule has 0 heteroatoms. The van der Waals surface area contributed by atoms with E-state index in [1.165, 1.54) is 5.56 Å². The van der Waals surface area contributed by atoms with Gasteiger partial charge in [-0.3, -0.25) is 0 Å². The minimum atomic E-state index is 0. The lowest BCUT2D eigenvalue weighted by Crippen LogP contribution is -2.10. The largest absolute Gasteiger partial charge is 0.0776 e. The first kappa shape index (κ1) is 18.1. The van der Waals surface area contributed by atoms with E-state index in [2.05, 4.69) is 51.1 Å². The first-order valence-corrected chi connectivity index (χ1v) is 3.66. The Morgan fingerprint density at radius 3 is 1.38 bits per heavy atom. The minimum Gasteiger partial charge on any atom is -0.0776 e. The lowest BCUT2D eigenvalue weighted by atomic mass is 9.87. The molecule has 0 saturated heterocycles. The van der Waals surface area contributed by atoms with E-state index >= 15 is 0 Å². The maximum Gasteiger partial charge on any atom is -0.0132 e. The predicted molar refractivity (Wildman–Crippen MR) is 65.3 cm³/mol. The molecule has 13 heavy (non-hydrogen) atoms. The molecule has 78 valence electrons. The Morgan fingerprint density at radius 1 is 0.769 bits per heavy atom. The molecule has 0 aliphatic heterocycles. The van der Waals surface area contributed by atoms with E-state index in [0.29, 0.717) is 5.41 Å². The van der Waals surface area contributed by atoms with Crippen LogP contribution in [0.5, 0.6) is 0 Å². The molecule has 1 rings (SSSR count). The van der Waals surface area contributed by atoms with Crippen LogP contribution in [0.2, 0.25) is 0 Å². The van der Waals surface area contributed by atoms with Crippen LogP contribution in [0.15, 0.2) is 30.3 Å². The van der Waals surface area contributed by atoms with Crippen molar-refractivity contribution in [1.29, 1.82) is 0 Å². The summed E-state index contributed by atoms with van der Waals surface area (Å²) in [6, 6.07) is 10.6. The van der Waals surface area contributed by atoms with Gasteiger partial charge in [0.15, 0.2) is 0 Å². The molecule has 0 aromatic heterocycles. The van der Waals surface area contributed by atoms with E-state index in [0.717, 1.165) is 0 Å². The fourth-order valence-corrected chi connectivity index (χ4v) is 0.938. The van der Waals surface area contributed by atoms with Gasteiger partial charge < -0.3 is 0 Å². The fourth-order valence-electron chi connectivity index (χ4n) is 0.938. The van der Waals surface area contributed by atoms with Crippen molar-refractivity contribution in [2.24, 2.45) is 0 Å². The average molecular weight is 182 g/mol. The second-order valence-corrected chi connectivity index (χ2v) is 3.62. The zero-order valence-electron chi connectivity index (χ0n) is 6.89. The lowest BCUT2D eigenvalue weighted by molar-refractivity contribution is 0.590. The summed E-state index contributed by atoms with van der Waals surface area (Å²) in [5, 5.41) is 0. The molecule has 0 N–H and O–H groups in total. The zero-order chi connectivity index (χ0) is 7.61. The molecular formula is C13H26. The summed E-state index contributed by atoms with van der Waals surface area (Å²) in [5.41, 5.74) is 1.69. The van der Waals surface area contributed by atoms with E-state index in [9.17, 15) is 0 Å². The molecule has 0 unspecified atom stereocenters. The molecule has 1 aromatic rings. The molecule has 0 amide bonds. The summed E-state index contributed by atoms with van der Waals surface area (Å²) in [6.07, 6.45) is 0. The molecule has 0 bridgehead atoms. The normalized spacial score (nSPS) is 8.85. The molecule has 1 aromatic carbocycles. The number of benzene rings is 1. The summed E-state index contributed by atoms with van der Waals surface area (Å²) in [4.78, 5) is 0. The van der Waals surface area contributed by atoms with Crippen LogP contribution >= 0.6 is 0 Å². The molecule has 0 aliphatic rings. The highest BCUT2D eigenvalue weighted by molar-refractivity contribution is 5.21. The quantitative estimate of drug-likeness (QED) is 0.536. The van der Waals surface area contributed by atoms with Crippen LogP contribution in [0, 0.1) is 0 Å². The molecular weight excluding hydrogens is 156 g/mol. The molecule has 0 radical (unpaired) electrons. The zero-order valence-corrected chi connectivity index (χ0v) is 6.89. The highest BCUT2D eigenvalue weighted by atomic mass is 14.2. The van der Waals surface area contributed by atoms with Crippen molar-refractivity contribution in [2.75, 3.05) is 0 Å². The van der Waals surface area contributed by atoms with Crippen LogP contribution in [0.25, 0.3) is 0 Å². The van der Waals surface area contributed by atoms with Crippen molar-refractivity contribution < 1.29 is 0 Å². The number of hydrogen-bond acceptors (Lipinski definition) is 0. The third kappa shape index (κ3) is 5.46. The van der Waals surface area contributed by atoms with Crippen LogP contribution in [0.1, 0.15) is 48.6 Å². The van der Waals surface area contributed by atoms with Crippen LogP contribution in [-0.4, -0.2) is 0 Å². The minimum absolute atomic E-state index is 0. The maximum absolute atomic E-state index is 2.22. The van der Waals surface area contributed by atoms with Crippen LogP contribution < -0.4 is 0 Å². The van der Waals surface area contributed by atoms with E-state index < -0.39 is 0 Å². The summed E-state index contributed by atoms with van der Waals surface area (Å²) in [6.45, 7) is 6.67. The monoisotopic (exact) mass is 182 g/mol. The molecule has 0 aliphatic carbocycles. The lowest BCUT2D eigenvalue weighted by Gasteiger charge is -2.18. The summed E-state index contributed by atoms with van der Waals surface area (Å²) in [5.74, 6) is 0. The first-order chi connectivity index (χ1) is 4.61. The van der Waals surface area contributed by atoms with Crippen molar-refractivity contribution in [3.63, 3.8) is 0 Å². The SMILES string of the molecule is C.C.C.CC(C)(C)c1ccccc1. The number of rotatable bonds is 0. The Bertz CT molecular complexity index is 191. The van der Waals surface area contributed by atoms with Crippen molar-refractivity contribution in [1.82, 2.24) is 0 Å². The molecule has 0 fully saturated rings. The Balaban J connectivity index is -0.000000333. The van der Waals surface area contributed by atoms with E-state index in [-0.39, 0.29) is 22.3 Å². The Morgan fingerprint density at radius 2 is 1.15 bits per heavy atom. The van der Waals surface area contributed by atoms with Gasteiger partial charge in [-0.15, -0.1) is 0 Å². The van der Waals surface area contributed by atoms with Gasteiger partial charge in [-0.2, -0.15) is 0 Å². The average Bonchev–Trinajstić information content (AvgIpc) is 1.88. The highest BCUT2D eigenvalue weighted by Gasteiger charge is 2.11. The smallest absolute Gasteiger partial charge is 0.0132 e. The molecule has 0 saturated carbocycles. The van der Waals surface area contributed by atoms with Crippen LogP contribution in [-0.2, 0) is 5.41 Å². The Hall–Kier alpha value is -0.780. The van der Waals surface area contributed by atoms with Crippen molar-refractivity contribution >= 4 is 0 Å². The second kappa shape index (κ2) is 6.71. The van der Waals surface area contributed by atoms with Gasteiger partial charge in [-0.1, -0.05) is 73.4 Å². The third-order valence-electron chi connectivity index (χ3n) is 1.64. The molecule has 0 atom stereocenters. The van der Waals surface area contributed by atoms with E-state index in [1.807, 2.05) is 0 Å². The molecule has 0 nitrogen and oxygen atoms in total. The Kier molecular flexibility index (Phi) is 9.33. The third-order valence-corrected chi connectivity index (χ3v) is 1.64. The first-order valence-electron chi connectivity index (χ1n) is 3.66. The second-order valence-electron chi connectivity index (χ2n) is 3.62. The molecule has 0 heterocycles. The van der Waals surface area contributed by atoms with Gasteiger partial charge in [0.1, 0.15) is 0 Å². The maximum atomic E-state index is 2.22. The van der Waals surface area contributed by atoms with Gasteiger partial charge in [0.25, 0.3) is 0 Å². The van der Waals surface area contributed by atoms with E-state index in [4.69, 9.17) is 0 Å². The van der Waals surface area contributed by atoms with Crippen molar-refractivity contribution in [2.45, 2.75) is 48.5 Å². The predicted octanol–water partition coefficient (Wildman–Crippen LogP) is 4.89. The van der Waals surface area contributed by atoms with Crippen molar-refractivity contribution in [3.8, 4) is 0 Å². The summed E-state index contributed by atoms with van der Waals surface area (Å²) >= 11 is 0. The van der Waals surface area contributed by atoms with Crippen LogP contribution in [0.4, 0.5) is 0 Å². The van der Waals surface area contributed by atoms with Gasteiger partial charge >= 0.3 is 0 Å². The van der Waals surface area contributed by atoms with Gasteiger partial charge in [0.05, 0.1) is 0 Å². The van der Waals surface area contributed by atoms with Crippen LogP contribution in [0.3, 0.4) is 0 Å². The fraction of sp³-hybridized carbons (Fsp3) is 0.538. The van der Waals surface area contributed by atoms with Crippen molar-refractivity contribution in [3.05, 3.63) is 35.9 Å².